The monoisotopic (exact) mass is 820 g/mol. The Bertz CT molecular complexity index is 3900. The van der Waals surface area contributed by atoms with E-state index in [0.29, 0.717) is 0 Å². The molecule has 4 aromatic heterocycles. The van der Waals surface area contributed by atoms with Crippen LogP contribution < -0.4 is 0 Å². The van der Waals surface area contributed by atoms with Crippen LogP contribution in [0.1, 0.15) is 0 Å². The van der Waals surface area contributed by atoms with Crippen molar-refractivity contribution in [2.24, 2.45) is 0 Å². The van der Waals surface area contributed by atoms with Gasteiger partial charge in [0.1, 0.15) is 0 Å². The maximum atomic E-state index is 5.44. The van der Waals surface area contributed by atoms with E-state index >= 15 is 0 Å². The van der Waals surface area contributed by atoms with Crippen LogP contribution in [0.25, 0.3) is 120 Å². The van der Waals surface area contributed by atoms with Crippen molar-refractivity contribution in [3.05, 3.63) is 218 Å². The van der Waals surface area contributed by atoms with Gasteiger partial charge in [0.15, 0.2) is 5.82 Å². The molecule has 0 bridgehead atoms. The van der Waals surface area contributed by atoms with E-state index in [0.717, 1.165) is 55.1 Å². The Labute approximate surface area is 367 Å². The lowest BCUT2D eigenvalue weighted by atomic mass is 9.97. The van der Waals surface area contributed by atoms with Crippen LogP contribution >= 0.6 is 11.3 Å². The predicted molar refractivity (Wildman–Crippen MR) is 265 cm³/mol. The van der Waals surface area contributed by atoms with Gasteiger partial charge in [0.2, 0.25) is 0 Å². The quantitative estimate of drug-likeness (QED) is 0.167. The highest BCUT2D eigenvalue weighted by Crippen LogP contribution is 2.45. The normalized spacial score (nSPS) is 11.8. The average molecular weight is 821 g/mol. The van der Waals surface area contributed by atoms with Crippen LogP contribution in [-0.4, -0.2) is 19.1 Å². The number of aromatic nitrogens is 4. The molecule has 0 radical (unpaired) electrons. The highest BCUT2D eigenvalue weighted by atomic mass is 32.1. The van der Waals surface area contributed by atoms with Crippen molar-refractivity contribution in [3.63, 3.8) is 0 Å². The molecule has 0 aliphatic heterocycles. The summed E-state index contributed by atoms with van der Waals surface area (Å²) in [6.45, 7) is 0. The minimum absolute atomic E-state index is 0.718. The van der Waals surface area contributed by atoms with Crippen molar-refractivity contribution in [1.29, 1.82) is 0 Å². The Morgan fingerprint density at radius 2 is 0.810 bits per heavy atom. The zero-order valence-corrected chi connectivity index (χ0v) is 34.8. The molecule has 63 heavy (non-hydrogen) atoms. The van der Waals surface area contributed by atoms with Crippen LogP contribution in [0, 0.1) is 0 Å². The fourth-order valence-corrected chi connectivity index (χ4v) is 10.9. The van der Waals surface area contributed by atoms with Crippen molar-refractivity contribution < 1.29 is 0 Å². The van der Waals surface area contributed by atoms with E-state index < -0.39 is 0 Å². The number of para-hydroxylation sites is 4. The Morgan fingerprint density at radius 3 is 1.48 bits per heavy atom. The van der Waals surface area contributed by atoms with E-state index in [1.807, 2.05) is 0 Å². The number of nitrogens with zero attached hydrogens (tertiary/aromatic N) is 4. The molecule has 4 nitrogen and oxygen atoms in total. The second-order valence-corrected chi connectivity index (χ2v) is 17.2. The largest absolute Gasteiger partial charge is 0.309 e. The maximum absolute atomic E-state index is 5.44. The standard InChI is InChI=1S/C58H36N4S/c1-4-16-37(17-5-1)54-57-55(60-58(59-54)41-31-33-53-49(36-41)46-25-11-13-29-51(46)62(53)43-22-8-3-9-23-43)47-27-15-26-44(56(47)63-57)40-19-14-18-38(34-40)39-30-32-52-48(35-39)45-24-10-12-28-50(45)61(52)42-20-6-2-7-21-42/h1-36H. The third kappa shape index (κ3) is 5.67. The first kappa shape index (κ1) is 35.6. The summed E-state index contributed by atoms with van der Waals surface area (Å²) in [6, 6.07) is 78.4. The molecule has 0 saturated carbocycles. The van der Waals surface area contributed by atoms with Gasteiger partial charge in [0.25, 0.3) is 0 Å². The van der Waals surface area contributed by atoms with Crippen molar-refractivity contribution in [2.75, 3.05) is 0 Å². The second-order valence-electron chi connectivity index (χ2n) is 16.1. The van der Waals surface area contributed by atoms with Crippen molar-refractivity contribution in [1.82, 2.24) is 19.1 Å². The number of hydrogen-bond acceptors (Lipinski definition) is 3. The van der Waals surface area contributed by atoms with Crippen LogP contribution in [0.3, 0.4) is 0 Å². The first-order chi connectivity index (χ1) is 31.2. The summed E-state index contributed by atoms with van der Waals surface area (Å²) in [7, 11) is 0. The molecule has 294 valence electrons. The molecule has 0 unspecified atom stereocenters. The van der Waals surface area contributed by atoms with Crippen LogP contribution in [0.4, 0.5) is 0 Å². The fraction of sp³-hybridized carbons (Fsp3) is 0. The molecule has 0 aliphatic carbocycles. The van der Waals surface area contributed by atoms with Gasteiger partial charge >= 0.3 is 0 Å². The van der Waals surface area contributed by atoms with Crippen molar-refractivity contribution in [3.8, 4) is 56.3 Å². The number of fused-ring (bicyclic) bond motifs is 9. The molecule has 13 aromatic rings. The molecule has 13 rings (SSSR count). The molecule has 0 N–H and O–H groups in total. The van der Waals surface area contributed by atoms with Crippen LogP contribution in [-0.2, 0) is 0 Å². The summed E-state index contributed by atoms with van der Waals surface area (Å²) in [6.07, 6.45) is 0. The minimum atomic E-state index is 0.718. The van der Waals surface area contributed by atoms with Gasteiger partial charge in [-0.2, -0.15) is 0 Å². The summed E-state index contributed by atoms with van der Waals surface area (Å²) < 4.78 is 7.01. The summed E-state index contributed by atoms with van der Waals surface area (Å²) >= 11 is 1.79. The predicted octanol–water partition coefficient (Wildman–Crippen LogP) is 15.7. The lowest BCUT2D eigenvalue weighted by Crippen LogP contribution is -1.95. The fourth-order valence-electron chi connectivity index (χ4n) is 9.65. The van der Waals surface area contributed by atoms with E-state index in [1.165, 1.54) is 65.0 Å². The highest BCUT2D eigenvalue weighted by molar-refractivity contribution is 7.26. The molecular formula is C58H36N4S. The highest BCUT2D eigenvalue weighted by Gasteiger charge is 2.21. The summed E-state index contributed by atoms with van der Waals surface area (Å²) in [5.74, 6) is 0.718. The molecule has 0 aliphatic rings. The molecule has 0 fully saturated rings. The molecule has 0 atom stereocenters. The first-order valence-corrected chi connectivity index (χ1v) is 22.1. The molecule has 9 aromatic carbocycles. The van der Waals surface area contributed by atoms with Crippen LogP contribution in [0.2, 0.25) is 0 Å². The first-order valence-electron chi connectivity index (χ1n) is 21.3. The molecule has 0 saturated heterocycles. The van der Waals surface area contributed by atoms with Gasteiger partial charge in [-0.25, -0.2) is 9.97 Å². The summed E-state index contributed by atoms with van der Waals surface area (Å²) in [5, 5.41) is 6.01. The molecule has 4 heterocycles. The van der Waals surface area contributed by atoms with Gasteiger partial charge in [-0.15, -0.1) is 11.3 Å². The molecule has 0 amide bonds. The second kappa shape index (κ2) is 14.2. The zero-order valence-electron chi connectivity index (χ0n) is 34.0. The number of rotatable bonds is 6. The third-order valence-corrected chi connectivity index (χ3v) is 13.8. The lowest BCUT2D eigenvalue weighted by Gasteiger charge is -2.09. The minimum Gasteiger partial charge on any atom is -0.309 e. The summed E-state index contributed by atoms with van der Waals surface area (Å²) in [4.78, 5) is 10.8. The maximum Gasteiger partial charge on any atom is 0.160 e. The van der Waals surface area contributed by atoms with E-state index in [9.17, 15) is 0 Å². The number of hydrogen-bond donors (Lipinski definition) is 0. The Hall–Kier alpha value is -8.12. The van der Waals surface area contributed by atoms with Gasteiger partial charge in [-0.3, -0.25) is 0 Å². The zero-order chi connectivity index (χ0) is 41.4. The Balaban J connectivity index is 0.965. The van der Waals surface area contributed by atoms with Crippen LogP contribution in [0.15, 0.2) is 218 Å². The number of benzene rings is 9. The van der Waals surface area contributed by atoms with E-state index in [4.69, 9.17) is 9.97 Å². The Kier molecular flexibility index (Phi) is 8.05. The van der Waals surface area contributed by atoms with E-state index in [1.54, 1.807) is 11.3 Å². The topological polar surface area (TPSA) is 35.6 Å². The lowest BCUT2D eigenvalue weighted by molar-refractivity contribution is 1.18. The van der Waals surface area contributed by atoms with E-state index in [-0.39, 0.29) is 0 Å². The van der Waals surface area contributed by atoms with Gasteiger partial charge < -0.3 is 9.13 Å². The van der Waals surface area contributed by atoms with Crippen molar-refractivity contribution >= 4 is 75.3 Å². The smallest absolute Gasteiger partial charge is 0.160 e. The average Bonchev–Trinajstić information content (AvgIpc) is 4.02. The third-order valence-electron chi connectivity index (χ3n) is 12.5. The van der Waals surface area contributed by atoms with Gasteiger partial charge in [0.05, 0.1) is 38.0 Å². The molecule has 5 heteroatoms. The summed E-state index contributed by atoms with van der Waals surface area (Å²) in [5.41, 5.74) is 15.8. The number of thiophene rings is 1. The molecular weight excluding hydrogens is 785 g/mol. The van der Waals surface area contributed by atoms with Gasteiger partial charge in [-0.1, -0.05) is 146 Å². The van der Waals surface area contributed by atoms with E-state index in [2.05, 4.69) is 228 Å². The van der Waals surface area contributed by atoms with Gasteiger partial charge in [-0.05, 0) is 95.1 Å². The van der Waals surface area contributed by atoms with Crippen LogP contribution in [0.5, 0.6) is 0 Å². The molecule has 0 spiro atoms. The van der Waals surface area contributed by atoms with Crippen molar-refractivity contribution in [2.45, 2.75) is 0 Å². The SMILES string of the molecule is c1ccc(-c2nc(-c3ccc4c(c3)c3ccccc3n4-c3ccccc3)nc3c2sc2c(-c4cccc(-c5ccc6c(c5)c5ccccc5n6-c5ccccc5)c4)cccc23)cc1. The van der Waals surface area contributed by atoms with Gasteiger partial charge in [0, 0.05) is 54.1 Å². The Morgan fingerprint density at radius 1 is 0.317 bits per heavy atom.